The Kier molecular flexibility index (Phi) is 3.84. The number of anilines is 2. The van der Waals surface area contributed by atoms with E-state index in [0.717, 1.165) is 39.6 Å². The molecule has 2 aliphatic heterocycles. The number of hydrazine groups is 1. The molecule has 0 saturated carbocycles. The van der Waals surface area contributed by atoms with Gasteiger partial charge in [0, 0.05) is 35.3 Å². The predicted octanol–water partition coefficient (Wildman–Crippen LogP) is 2.85. The average Bonchev–Trinajstić information content (AvgIpc) is 2.87. The van der Waals surface area contributed by atoms with Crippen molar-refractivity contribution >= 4 is 29.1 Å². The molecule has 0 fully saturated rings. The second-order valence-electron chi connectivity index (χ2n) is 6.30. The lowest BCUT2D eigenvalue weighted by Crippen LogP contribution is -2.39. The molecule has 0 unspecified atom stereocenters. The average molecular weight is 355 g/mol. The molecule has 7 heteroatoms. The summed E-state index contributed by atoms with van der Waals surface area (Å²) in [7, 11) is 0. The molecule has 5 heterocycles. The number of fused-ring (bicyclic) bond motifs is 4. The highest BCUT2D eigenvalue weighted by molar-refractivity contribution is 6.02. The van der Waals surface area contributed by atoms with Crippen LogP contribution < -0.4 is 10.7 Å². The maximum atomic E-state index is 4.74. The number of aliphatic imine (C=N–C) groups is 1. The van der Waals surface area contributed by atoms with E-state index in [4.69, 9.17) is 4.99 Å². The Morgan fingerprint density at radius 1 is 1.00 bits per heavy atom. The van der Waals surface area contributed by atoms with Crippen LogP contribution in [0.4, 0.5) is 11.5 Å². The summed E-state index contributed by atoms with van der Waals surface area (Å²) in [5, 5.41) is 5.38. The second kappa shape index (κ2) is 6.62. The molecule has 0 radical (unpaired) electrons. The topological polar surface area (TPSA) is 78.3 Å². The lowest BCUT2D eigenvalue weighted by atomic mass is 10.0. The van der Waals surface area contributed by atoms with Gasteiger partial charge in [0.25, 0.3) is 0 Å². The van der Waals surface area contributed by atoms with Gasteiger partial charge in [0.15, 0.2) is 0 Å². The summed E-state index contributed by atoms with van der Waals surface area (Å²) in [5.74, 6) is 0.795. The number of pyridine rings is 3. The molecule has 0 saturated heterocycles. The number of hydrogen-bond acceptors (Lipinski definition) is 7. The SMILES string of the molecule is C1=NC2=C(CN1NCc1ccccn1)c1ccncc1Nc1ncccc12. The molecule has 0 atom stereocenters. The minimum absolute atomic E-state index is 0.634. The number of nitrogens with one attached hydrogen (secondary N) is 2. The van der Waals surface area contributed by atoms with Crippen LogP contribution in [0.3, 0.4) is 0 Å². The molecule has 0 aliphatic carbocycles. The van der Waals surface area contributed by atoms with Crippen molar-refractivity contribution in [2.75, 3.05) is 11.9 Å². The van der Waals surface area contributed by atoms with Crippen LogP contribution in [0.25, 0.3) is 11.3 Å². The summed E-state index contributed by atoms with van der Waals surface area (Å²) in [5.41, 5.74) is 9.43. The van der Waals surface area contributed by atoms with Crippen molar-refractivity contribution in [3.8, 4) is 0 Å². The first-order valence-electron chi connectivity index (χ1n) is 8.73. The monoisotopic (exact) mass is 355 g/mol. The van der Waals surface area contributed by atoms with E-state index < -0.39 is 0 Å². The highest BCUT2D eigenvalue weighted by Gasteiger charge is 2.25. The number of aromatic nitrogens is 3. The van der Waals surface area contributed by atoms with Gasteiger partial charge < -0.3 is 5.32 Å². The third-order valence-electron chi connectivity index (χ3n) is 4.59. The van der Waals surface area contributed by atoms with Crippen LogP contribution in [0.2, 0.25) is 0 Å². The molecule has 27 heavy (non-hydrogen) atoms. The van der Waals surface area contributed by atoms with Crippen molar-refractivity contribution in [2.24, 2.45) is 4.99 Å². The van der Waals surface area contributed by atoms with Crippen LogP contribution in [0.5, 0.6) is 0 Å². The molecule has 0 aromatic carbocycles. The molecule has 5 rings (SSSR count). The molecule has 3 aromatic heterocycles. The van der Waals surface area contributed by atoms with Crippen molar-refractivity contribution in [3.63, 3.8) is 0 Å². The van der Waals surface area contributed by atoms with Crippen LogP contribution in [-0.4, -0.2) is 32.8 Å². The van der Waals surface area contributed by atoms with Crippen molar-refractivity contribution in [3.05, 3.63) is 78.0 Å². The smallest absolute Gasteiger partial charge is 0.139 e. The molecule has 2 aliphatic rings. The fraction of sp³-hybridized carbons (Fsp3) is 0.100. The van der Waals surface area contributed by atoms with Crippen LogP contribution in [0, 0.1) is 0 Å². The quantitative estimate of drug-likeness (QED) is 0.752. The summed E-state index contributed by atoms with van der Waals surface area (Å²) in [6.45, 7) is 1.31. The highest BCUT2D eigenvalue weighted by Crippen LogP contribution is 2.40. The summed E-state index contributed by atoms with van der Waals surface area (Å²) < 4.78 is 0. The van der Waals surface area contributed by atoms with E-state index in [0.29, 0.717) is 13.1 Å². The van der Waals surface area contributed by atoms with Crippen LogP contribution in [0.15, 0.2) is 66.2 Å². The Morgan fingerprint density at radius 2 is 1.96 bits per heavy atom. The zero-order valence-electron chi connectivity index (χ0n) is 14.5. The first kappa shape index (κ1) is 15.7. The maximum absolute atomic E-state index is 4.74. The van der Waals surface area contributed by atoms with E-state index in [1.165, 1.54) is 0 Å². The lowest BCUT2D eigenvalue weighted by molar-refractivity contribution is 0.342. The van der Waals surface area contributed by atoms with Gasteiger partial charge in [-0.1, -0.05) is 6.07 Å². The van der Waals surface area contributed by atoms with Gasteiger partial charge in [-0.25, -0.2) is 15.4 Å². The minimum atomic E-state index is 0.634. The van der Waals surface area contributed by atoms with Crippen molar-refractivity contribution in [1.29, 1.82) is 0 Å². The van der Waals surface area contributed by atoms with Crippen molar-refractivity contribution in [2.45, 2.75) is 6.54 Å². The van der Waals surface area contributed by atoms with Gasteiger partial charge in [-0.2, -0.15) is 0 Å². The Labute approximate surface area is 156 Å². The van der Waals surface area contributed by atoms with Gasteiger partial charge in [-0.05, 0) is 30.3 Å². The van der Waals surface area contributed by atoms with E-state index in [2.05, 4.69) is 25.7 Å². The summed E-state index contributed by atoms with van der Waals surface area (Å²) in [4.78, 5) is 17.8. The van der Waals surface area contributed by atoms with Crippen LogP contribution in [-0.2, 0) is 6.54 Å². The number of nitrogens with zero attached hydrogens (tertiary/aromatic N) is 5. The van der Waals surface area contributed by atoms with Gasteiger partial charge in [-0.15, -0.1) is 0 Å². The molecule has 7 nitrogen and oxygen atoms in total. The second-order valence-corrected chi connectivity index (χ2v) is 6.30. The molecule has 0 bridgehead atoms. The van der Waals surface area contributed by atoms with Gasteiger partial charge >= 0.3 is 0 Å². The van der Waals surface area contributed by atoms with E-state index in [9.17, 15) is 0 Å². The zero-order chi connectivity index (χ0) is 18.1. The van der Waals surface area contributed by atoms with E-state index in [1.54, 1.807) is 18.6 Å². The molecule has 2 N–H and O–H groups in total. The number of rotatable bonds is 3. The Balaban J connectivity index is 1.49. The molecule has 0 spiro atoms. The van der Waals surface area contributed by atoms with E-state index in [-0.39, 0.29) is 0 Å². The Bertz CT molecular complexity index is 1040. The predicted molar refractivity (Wildman–Crippen MR) is 105 cm³/mol. The lowest BCUT2D eigenvalue weighted by Gasteiger charge is -2.27. The molecule has 132 valence electrons. The number of hydrogen-bond donors (Lipinski definition) is 2. The molecular formula is C20H17N7. The maximum Gasteiger partial charge on any atom is 0.139 e. The van der Waals surface area contributed by atoms with Gasteiger partial charge in [-0.3, -0.25) is 15.0 Å². The van der Waals surface area contributed by atoms with Gasteiger partial charge in [0.1, 0.15) is 12.2 Å². The standard InChI is InChI=1S/C20H17N7/c1-2-7-22-14(4-1)10-25-27-12-17-15-6-9-21-11-18(15)26-20-16(5-3-8-23-20)19(17)24-13-27/h1-9,11,13,25H,10,12H2,(H,23,26). The Hall–Kier alpha value is -3.58. The first-order chi connectivity index (χ1) is 13.4. The molecule has 0 amide bonds. The van der Waals surface area contributed by atoms with Crippen LogP contribution in [0.1, 0.15) is 16.8 Å². The first-order valence-corrected chi connectivity index (χ1v) is 8.73. The van der Waals surface area contributed by atoms with Gasteiger partial charge in [0.05, 0.1) is 36.4 Å². The van der Waals surface area contributed by atoms with Gasteiger partial charge in [0.2, 0.25) is 0 Å². The summed E-state index contributed by atoms with van der Waals surface area (Å²) >= 11 is 0. The largest absolute Gasteiger partial charge is 0.338 e. The molecular weight excluding hydrogens is 338 g/mol. The minimum Gasteiger partial charge on any atom is -0.338 e. The zero-order valence-corrected chi connectivity index (χ0v) is 14.5. The summed E-state index contributed by atoms with van der Waals surface area (Å²) in [6.07, 6.45) is 9.03. The molecule has 3 aromatic rings. The third kappa shape index (κ3) is 2.94. The fourth-order valence-corrected chi connectivity index (χ4v) is 3.30. The van der Waals surface area contributed by atoms with E-state index >= 15 is 0 Å². The summed E-state index contributed by atoms with van der Waals surface area (Å²) in [6, 6.07) is 11.9. The normalized spacial score (nSPS) is 14.7. The highest BCUT2D eigenvalue weighted by atomic mass is 15.5. The van der Waals surface area contributed by atoms with E-state index in [1.807, 2.05) is 53.9 Å². The van der Waals surface area contributed by atoms with Crippen molar-refractivity contribution in [1.82, 2.24) is 25.4 Å². The Morgan fingerprint density at radius 3 is 2.89 bits per heavy atom. The fourth-order valence-electron chi connectivity index (χ4n) is 3.30. The van der Waals surface area contributed by atoms with Crippen molar-refractivity contribution < 1.29 is 0 Å². The third-order valence-corrected chi connectivity index (χ3v) is 4.59. The van der Waals surface area contributed by atoms with Crippen LogP contribution >= 0.6 is 0 Å².